The first-order valence-electron chi connectivity index (χ1n) is 10.9. The topological polar surface area (TPSA) is 83.9 Å². The molecule has 1 heterocycles. The summed E-state index contributed by atoms with van der Waals surface area (Å²) in [7, 11) is 0. The molecule has 33 heavy (non-hydrogen) atoms. The van der Waals surface area contributed by atoms with E-state index in [0.29, 0.717) is 30.5 Å². The van der Waals surface area contributed by atoms with E-state index < -0.39 is 51.0 Å². The summed E-state index contributed by atoms with van der Waals surface area (Å²) in [5.74, 6) is -2.92. The van der Waals surface area contributed by atoms with Crippen molar-refractivity contribution in [1.29, 1.82) is 0 Å². The van der Waals surface area contributed by atoms with Crippen LogP contribution in [0.15, 0.2) is 42.5 Å². The van der Waals surface area contributed by atoms with Crippen molar-refractivity contribution in [1.82, 2.24) is 4.90 Å². The predicted octanol–water partition coefficient (Wildman–Crippen LogP) is 3.81. The number of likely N-dealkylation sites (tertiary alicyclic amines) is 1. The SMILES string of the molecule is Cc1cccc(F)c1C(=O)N1CCC[C@H](C(=O)O)[C@@H]1c1ccc([AsH]C(=O)OC(C)(C)C)cc1. The molecule has 0 aromatic heterocycles. The van der Waals surface area contributed by atoms with Gasteiger partial charge in [-0.3, -0.25) is 0 Å². The number of rotatable bonds is 5. The average Bonchev–Trinajstić information content (AvgIpc) is 2.72. The monoisotopic (exact) mass is 517 g/mol. The molecule has 2 aromatic carbocycles. The van der Waals surface area contributed by atoms with Gasteiger partial charge in [0.1, 0.15) is 0 Å². The Bertz CT molecular complexity index is 1030. The van der Waals surface area contributed by atoms with Gasteiger partial charge in [-0.1, -0.05) is 0 Å². The summed E-state index contributed by atoms with van der Waals surface area (Å²) >= 11 is -1.19. The van der Waals surface area contributed by atoms with Crippen molar-refractivity contribution in [2.75, 3.05) is 6.54 Å². The summed E-state index contributed by atoms with van der Waals surface area (Å²) in [6.07, 6.45) is 0.948. The zero-order chi connectivity index (χ0) is 24.3. The molecule has 1 N–H and O–H groups in total. The Morgan fingerprint density at radius 3 is 2.36 bits per heavy atom. The van der Waals surface area contributed by atoms with Gasteiger partial charge in [-0.05, 0) is 0 Å². The number of aryl methyl sites for hydroxylation is 1. The van der Waals surface area contributed by atoms with E-state index in [2.05, 4.69) is 0 Å². The third-order valence-corrected chi connectivity index (χ3v) is 7.49. The Kier molecular flexibility index (Phi) is 7.63. The molecule has 1 amide bonds. The maximum absolute atomic E-state index is 14.5. The normalized spacial score (nSPS) is 19.0. The van der Waals surface area contributed by atoms with E-state index in [1.54, 1.807) is 43.3 Å². The quantitative estimate of drug-likeness (QED) is 0.610. The van der Waals surface area contributed by atoms with E-state index in [1.807, 2.05) is 20.8 Å². The standard InChI is InChI=1S/C25H29AsFNO5/c1-15-7-5-9-19(27)20(15)22(29)28-14-6-8-18(23(30)31)21(28)16-10-12-17(13-11-16)26-24(32)33-25(2,3)4/h5,7,9-13,18,21,26H,6,8,14H2,1-4H3,(H,30,31)/t18-,21-/m0/s1. The molecule has 1 unspecified atom stereocenters. The van der Waals surface area contributed by atoms with Crippen LogP contribution in [0.2, 0.25) is 0 Å². The summed E-state index contributed by atoms with van der Waals surface area (Å²) in [5, 5.41) is 9.86. The third kappa shape index (κ3) is 6.02. The van der Waals surface area contributed by atoms with Crippen LogP contribution in [-0.4, -0.2) is 54.5 Å². The second kappa shape index (κ2) is 10.1. The molecular weight excluding hydrogens is 488 g/mol. The number of benzene rings is 2. The first kappa shape index (κ1) is 25.0. The minimum atomic E-state index is -1.19. The van der Waals surface area contributed by atoms with E-state index in [0.717, 1.165) is 4.35 Å². The van der Waals surface area contributed by atoms with Gasteiger partial charge in [-0.2, -0.15) is 0 Å². The van der Waals surface area contributed by atoms with Gasteiger partial charge in [-0.15, -0.1) is 0 Å². The van der Waals surface area contributed by atoms with Gasteiger partial charge in [0, 0.05) is 0 Å². The van der Waals surface area contributed by atoms with E-state index in [-0.39, 0.29) is 10.3 Å². The summed E-state index contributed by atoms with van der Waals surface area (Å²) < 4.78 is 20.5. The first-order valence-corrected chi connectivity index (χ1v) is 13.0. The van der Waals surface area contributed by atoms with Crippen molar-refractivity contribution < 1.29 is 28.6 Å². The van der Waals surface area contributed by atoms with Crippen LogP contribution in [0.3, 0.4) is 0 Å². The van der Waals surface area contributed by atoms with Crippen LogP contribution in [0.1, 0.15) is 61.1 Å². The molecule has 1 aliphatic heterocycles. The Hall–Kier alpha value is -2.66. The van der Waals surface area contributed by atoms with Gasteiger partial charge in [0.25, 0.3) is 0 Å². The maximum atomic E-state index is 14.5. The molecule has 1 aliphatic rings. The van der Waals surface area contributed by atoms with Gasteiger partial charge < -0.3 is 0 Å². The van der Waals surface area contributed by atoms with Crippen LogP contribution in [0, 0.1) is 18.7 Å². The van der Waals surface area contributed by atoms with Crippen molar-refractivity contribution >= 4 is 36.7 Å². The number of aliphatic carboxylic acids is 1. The number of nitrogens with zero attached hydrogens (tertiary/aromatic N) is 1. The van der Waals surface area contributed by atoms with Crippen molar-refractivity contribution in [2.45, 2.75) is 52.2 Å². The van der Waals surface area contributed by atoms with Crippen LogP contribution in [0.25, 0.3) is 0 Å². The van der Waals surface area contributed by atoms with Gasteiger partial charge in [-0.25, -0.2) is 0 Å². The van der Waals surface area contributed by atoms with Crippen molar-refractivity contribution in [3.8, 4) is 0 Å². The molecular formula is C25H29AsFNO5. The third-order valence-electron chi connectivity index (χ3n) is 5.54. The van der Waals surface area contributed by atoms with E-state index in [4.69, 9.17) is 4.74 Å². The molecule has 0 radical (unpaired) electrons. The number of carbonyl (C=O) groups excluding carboxylic acids is 2. The fourth-order valence-corrected chi connectivity index (χ4v) is 6.07. The summed E-state index contributed by atoms with van der Waals surface area (Å²) in [4.78, 5) is 39.1. The molecule has 3 rings (SSSR count). The number of carboxylic acid groups (broad SMARTS) is 1. The molecule has 1 saturated heterocycles. The number of carbonyl (C=O) groups is 3. The van der Waals surface area contributed by atoms with Crippen LogP contribution >= 0.6 is 0 Å². The Labute approximate surface area is 199 Å². The zero-order valence-electron chi connectivity index (χ0n) is 19.2. The molecule has 0 aliphatic carbocycles. The molecule has 1 fully saturated rings. The molecule has 8 heteroatoms. The molecule has 0 saturated carbocycles. The average molecular weight is 517 g/mol. The predicted molar refractivity (Wildman–Crippen MR) is 125 cm³/mol. The number of piperidine rings is 1. The molecule has 176 valence electrons. The van der Waals surface area contributed by atoms with Gasteiger partial charge in [0.05, 0.1) is 0 Å². The number of hydrogen-bond donors (Lipinski definition) is 1. The van der Waals surface area contributed by atoms with Crippen molar-refractivity contribution in [3.05, 3.63) is 65.0 Å². The summed E-state index contributed by atoms with van der Waals surface area (Å²) in [6, 6.07) is 10.9. The zero-order valence-corrected chi connectivity index (χ0v) is 21.3. The molecule has 0 spiro atoms. The van der Waals surface area contributed by atoms with E-state index >= 15 is 0 Å². The number of carboxylic acids is 1. The second-order valence-corrected chi connectivity index (χ2v) is 11.8. The van der Waals surface area contributed by atoms with Crippen LogP contribution in [-0.2, 0) is 9.53 Å². The van der Waals surface area contributed by atoms with Crippen LogP contribution < -0.4 is 4.35 Å². The number of amides is 1. The van der Waals surface area contributed by atoms with Gasteiger partial charge >= 0.3 is 200 Å². The van der Waals surface area contributed by atoms with E-state index in [9.17, 15) is 23.9 Å². The molecule has 6 nitrogen and oxygen atoms in total. The Morgan fingerprint density at radius 2 is 1.79 bits per heavy atom. The van der Waals surface area contributed by atoms with Crippen LogP contribution in [0.4, 0.5) is 9.18 Å². The van der Waals surface area contributed by atoms with Crippen LogP contribution in [0.5, 0.6) is 0 Å². The molecule has 3 atom stereocenters. The molecule has 2 aromatic rings. The summed E-state index contributed by atoms with van der Waals surface area (Å²) in [6.45, 7) is 7.46. The van der Waals surface area contributed by atoms with Gasteiger partial charge in [0.2, 0.25) is 0 Å². The minimum absolute atomic E-state index is 0.0262. The fraction of sp³-hybridized carbons (Fsp3) is 0.400. The first-order chi connectivity index (χ1) is 15.5. The summed E-state index contributed by atoms with van der Waals surface area (Å²) in [5.41, 5.74) is 0.586. The fourth-order valence-electron chi connectivity index (χ4n) is 4.13. The van der Waals surface area contributed by atoms with E-state index in [1.165, 1.54) is 11.0 Å². The Morgan fingerprint density at radius 1 is 1.12 bits per heavy atom. The second-order valence-electron chi connectivity index (χ2n) is 9.21. The number of ether oxygens (including phenoxy) is 1. The molecule has 0 bridgehead atoms. The number of hydrogen-bond acceptors (Lipinski definition) is 4. The Balaban J connectivity index is 1.91. The number of halogens is 1. The van der Waals surface area contributed by atoms with Gasteiger partial charge in [0.15, 0.2) is 0 Å². The van der Waals surface area contributed by atoms with Crippen molar-refractivity contribution in [3.63, 3.8) is 0 Å². The van der Waals surface area contributed by atoms with Crippen molar-refractivity contribution in [2.24, 2.45) is 5.92 Å².